The highest BCUT2D eigenvalue weighted by Crippen LogP contribution is 2.32. The standard InChI is InChI=1S/C18H21N3O4/c1-24-16-10-12(6-8-15(16)25-13-4-2-3-5-13)11-19-18(23)14-7-9-17(22)21-20-14/h6-10,13H,2-5,11H2,1H3,(H,19,23)(H,21,22). The number of nitrogens with zero attached hydrogens (tertiary/aromatic N) is 1. The number of aromatic nitrogens is 2. The molecule has 1 aliphatic carbocycles. The van der Waals surface area contributed by atoms with Gasteiger partial charge in [-0.15, -0.1) is 0 Å². The summed E-state index contributed by atoms with van der Waals surface area (Å²) in [5.41, 5.74) is 0.695. The monoisotopic (exact) mass is 343 g/mol. The summed E-state index contributed by atoms with van der Waals surface area (Å²) in [4.78, 5) is 23.0. The molecule has 1 aromatic carbocycles. The fraction of sp³-hybridized carbons (Fsp3) is 0.389. The van der Waals surface area contributed by atoms with E-state index in [0.29, 0.717) is 12.3 Å². The molecule has 7 nitrogen and oxygen atoms in total. The Hall–Kier alpha value is -2.83. The number of hydrogen-bond acceptors (Lipinski definition) is 5. The van der Waals surface area contributed by atoms with E-state index in [-0.39, 0.29) is 23.3 Å². The number of carbonyl (C=O) groups excluding carboxylic acids is 1. The van der Waals surface area contributed by atoms with Gasteiger partial charge in [0.2, 0.25) is 0 Å². The van der Waals surface area contributed by atoms with Gasteiger partial charge < -0.3 is 14.8 Å². The summed E-state index contributed by atoms with van der Waals surface area (Å²) >= 11 is 0. The molecule has 2 N–H and O–H groups in total. The highest BCUT2D eigenvalue weighted by atomic mass is 16.5. The lowest BCUT2D eigenvalue weighted by Gasteiger charge is -2.16. The first kappa shape index (κ1) is 17.0. The van der Waals surface area contributed by atoms with E-state index in [0.717, 1.165) is 24.2 Å². The minimum Gasteiger partial charge on any atom is -0.493 e. The largest absolute Gasteiger partial charge is 0.493 e. The van der Waals surface area contributed by atoms with Crippen molar-refractivity contribution in [2.45, 2.75) is 38.3 Å². The Balaban J connectivity index is 1.63. The molecule has 132 valence electrons. The number of hydrogen-bond donors (Lipinski definition) is 2. The van der Waals surface area contributed by atoms with Crippen molar-refractivity contribution < 1.29 is 14.3 Å². The molecule has 0 unspecified atom stereocenters. The molecule has 1 amide bonds. The molecule has 0 bridgehead atoms. The average Bonchev–Trinajstić information content (AvgIpc) is 3.14. The Morgan fingerprint density at radius 1 is 1.24 bits per heavy atom. The molecule has 1 fully saturated rings. The van der Waals surface area contributed by atoms with Gasteiger partial charge in [-0.3, -0.25) is 9.59 Å². The van der Waals surface area contributed by atoms with E-state index < -0.39 is 0 Å². The maximum absolute atomic E-state index is 12.0. The van der Waals surface area contributed by atoms with Crippen LogP contribution in [0, 0.1) is 0 Å². The van der Waals surface area contributed by atoms with Gasteiger partial charge in [0, 0.05) is 12.6 Å². The Bertz CT molecular complexity index is 777. The molecule has 0 radical (unpaired) electrons. The van der Waals surface area contributed by atoms with E-state index in [4.69, 9.17) is 9.47 Å². The molecular formula is C18H21N3O4. The van der Waals surface area contributed by atoms with E-state index >= 15 is 0 Å². The van der Waals surface area contributed by atoms with Crippen molar-refractivity contribution in [3.63, 3.8) is 0 Å². The Kier molecular flexibility index (Phi) is 5.33. The van der Waals surface area contributed by atoms with E-state index in [1.54, 1.807) is 7.11 Å². The van der Waals surface area contributed by atoms with Crippen molar-refractivity contribution in [2.75, 3.05) is 7.11 Å². The number of nitrogens with one attached hydrogen (secondary N) is 2. The summed E-state index contributed by atoms with van der Waals surface area (Å²) in [6.07, 6.45) is 4.82. The summed E-state index contributed by atoms with van der Waals surface area (Å²) in [5.74, 6) is 1.02. The quantitative estimate of drug-likeness (QED) is 0.837. The van der Waals surface area contributed by atoms with Gasteiger partial charge in [0.05, 0.1) is 13.2 Å². The number of benzene rings is 1. The van der Waals surface area contributed by atoms with Crippen LogP contribution in [-0.2, 0) is 6.54 Å². The predicted molar refractivity (Wildman–Crippen MR) is 91.9 cm³/mol. The SMILES string of the molecule is COc1cc(CNC(=O)c2ccc(=O)[nH]n2)ccc1OC1CCCC1. The summed E-state index contributed by atoms with van der Waals surface area (Å²) in [6, 6.07) is 8.27. The number of rotatable bonds is 6. The molecule has 25 heavy (non-hydrogen) atoms. The molecule has 0 atom stereocenters. The second-order valence-electron chi connectivity index (χ2n) is 6.00. The number of carbonyl (C=O) groups is 1. The topological polar surface area (TPSA) is 93.3 Å². The lowest BCUT2D eigenvalue weighted by molar-refractivity contribution is 0.0944. The van der Waals surface area contributed by atoms with E-state index in [1.165, 1.54) is 25.0 Å². The summed E-state index contributed by atoms with van der Waals surface area (Å²) < 4.78 is 11.4. The zero-order chi connectivity index (χ0) is 17.6. The number of amides is 1. The van der Waals surface area contributed by atoms with Crippen LogP contribution < -0.4 is 20.3 Å². The molecule has 1 aromatic heterocycles. The zero-order valence-corrected chi connectivity index (χ0v) is 14.1. The first-order chi connectivity index (χ1) is 12.2. The highest BCUT2D eigenvalue weighted by Gasteiger charge is 2.18. The first-order valence-corrected chi connectivity index (χ1v) is 8.33. The van der Waals surface area contributed by atoms with Crippen LogP contribution in [0.3, 0.4) is 0 Å². The van der Waals surface area contributed by atoms with Gasteiger partial charge in [0.25, 0.3) is 11.5 Å². The van der Waals surface area contributed by atoms with Gasteiger partial charge in [-0.2, -0.15) is 5.10 Å². The van der Waals surface area contributed by atoms with Crippen LogP contribution in [0.15, 0.2) is 35.1 Å². The van der Waals surface area contributed by atoms with Gasteiger partial charge in [-0.05, 0) is 49.4 Å². The van der Waals surface area contributed by atoms with Crippen molar-refractivity contribution in [2.24, 2.45) is 0 Å². The van der Waals surface area contributed by atoms with Crippen molar-refractivity contribution >= 4 is 5.91 Å². The minimum absolute atomic E-state index is 0.160. The van der Waals surface area contributed by atoms with Crippen LogP contribution in [-0.4, -0.2) is 29.3 Å². The molecule has 7 heteroatoms. The normalized spacial score (nSPS) is 14.3. The van der Waals surface area contributed by atoms with Crippen LogP contribution in [0.2, 0.25) is 0 Å². The van der Waals surface area contributed by atoms with Gasteiger partial charge >= 0.3 is 0 Å². The lowest BCUT2D eigenvalue weighted by atomic mass is 10.2. The molecule has 3 rings (SSSR count). The number of H-pyrrole nitrogens is 1. The van der Waals surface area contributed by atoms with Crippen molar-refractivity contribution in [3.8, 4) is 11.5 Å². The number of methoxy groups -OCH3 is 1. The second-order valence-corrected chi connectivity index (χ2v) is 6.00. The third kappa shape index (κ3) is 4.37. The zero-order valence-electron chi connectivity index (χ0n) is 14.1. The molecule has 0 saturated heterocycles. The van der Waals surface area contributed by atoms with Gasteiger partial charge in [-0.1, -0.05) is 6.07 Å². The number of ether oxygens (including phenoxy) is 2. The average molecular weight is 343 g/mol. The molecule has 1 heterocycles. The maximum Gasteiger partial charge on any atom is 0.271 e. The maximum atomic E-state index is 12.0. The van der Waals surface area contributed by atoms with Gasteiger partial charge in [0.1, 0.15) is 5.69 Å². The van der Waals surface area contributed by atoms with E-state index in [1.807, 2.05) is 18.2 Å². The highest BCUT2D eigenvalue weighted by molar-refractivity contribution is 5.91. The van der Waals surface area contributed by atoms with Crippen molar-refractivity contribution in [3.05, 3.63) is 51.9 Å². The van der Waals surface area contributed by atoms with E-state index in [9.17, 15) is 9.59 Å². The summed E-state index contributed by atoms with van der Waals surface area (Å²) in [5, 5.41) is 8.70. The van der Waals surface area contributed by atoms with Gasteiger partial charge in [0.15, 0.2) is 11.5 Å². The Morgan fingerprint density at radius 2 is 2.04 bits per heavy atom. The lowest BCUT2D eigenvalue weighted by Crippen LogP contribution is -2.25. The third-order valence-electron chi connectivity index (χ3n) is 4.19. The van der Waals surface area contributed by atoms with E-state index in [2.05, 4.69) is 15.5 Å². The smallest absolute Gasteiger partial charge is 0.271 e. The van der Waals surface area contributed by atoms with Crippen LogP contribution in [0.4, 0.5) is 0 Å². The van der Waals surface area contributed by atoms with Crippen LogP contribution >= 0.6 is 0 Å². The Labute approximate surface area is 145 Å². The van der Waals surface area contributed by atoms with Crippen molar-refractivity contribution in [1.29, 1.82) is 0 Å². The second kappa shape index (κ2) is 7.83. The fourth-order valence-electron chi connectivity index (χ4n) is 2.85. The third-order valence-corrected chi connectivity index (χ3v) is 4.19. The van der Waals surface area contributed by atoms with Crippen LogP contribution in [0.25, 0.3) is 0 Å². The predicted octanol–water partition coefficient (Wildman–Crippen LogP) is 2.03. The molecule has 1 aliphatic rings. The molecular weight excluding hydrogens is 322 g/mol. The molecule has 2 aromatic rings. The summed E-state index contributed by atoms with van der Waals surface area (Å²) in [7, 11) is 1.60. The van der Waals surface area contributed by atoms with Crippen LogP contribution in [0.5, 0.6) is 11.5 Å². The fourth-order valence-corrected chi connectivity index (χ4v) is 2.85. The van der Waals surface area contributed by atoms with Crippen molar-refractivity contribution in [1.82, 2.24) is 15.5 Å². The minimum atomic E-state index is -0.360. The molecule has 0 spiro atoms. The molecule has 0 aliphatic heterocycles. The van der Waals surface area contributed by atoms with Gasteiger partial charge in [-0.25, -0.2) is 5.10 Å². The Morgan fingerprint density at radius 3 is 2.72 bits per heavy atom. The first-order valence-electron chi connectivity index (χ1n) is 8.33. The number of aromatic amines is 1. The molecule has 1 saturated carbocycles. The van der Waals surface area contributed by atoms with Crippen LogP contribution in [0.1, 0.15) is 41.7 Å². The summed E-state index contributed by atoms with van der Waals surface area (Å²) in [6.45, 7) is 0.319.